The van der Waals surface area contributed by atoms with Crippen molar-refractivity contribution >= 4 is 59.8 Å². The first kappa shape index (κ1) is 15.5. The average Bonchev–Trinajstić information content (AvgIpc) is 3.12. The normalized spacial score (nSPS) is 11.9. The number of allylic oxidation sites excluding steroid dienone is 1. The van der Waals surface area contributed by atoms with Crippen LogP contribution in [-0.2, 0) is 0 Å². The van der Waals surface area contributed by atoms with Gasteiger partial charge in [0.15, 0.2) is 0 Å². The highest BCUT2D eigenvalue weighted by atomic mass is 16.3. The van der Waals surface area contributed by atoms with Gasteiger partial charge in [0.05, 0.1) is 0 Å². The molecular formula is C27H18O. The summed E-state index contributed by atoms with van der Waals surface area (Å²) in [6.07, 6.45) is 0. The lowest BCUT2D eigenvalue weighted by Gasteiger charge is -2.10. The van der Waals surface area contributed by atoms with E-state index in [1.807, 2.05) is 6.92 Å². The fraction of sp³-hybridized carbons (Fsp3) is 0.0370. The summed E-state index contributed by atoms with van der Waals surface area (Å²) in [4.78, 5) is 0. The molecule has 0 saturated carbocycles. The fourth-order valence-electron chi connectivity index (χ4n) is 4.58. The van der Waals surface area contributed by atoms with E-state index in [1.165, 1.54) is 32.3 Å². The van der Waals surface area contributed by atoms with Gasteiger partial charge in [-0.3, -0.25) is 0 Å². The lowest BCUT2D eigenvalue weighted by Crippen LogP contribution is -1.83. The van der Waals surface area contributed by atoms with Crippen LogP contribution in [0.1, 0.15) is 12.5 Å². The number of furan rings is 1. The molecule has 0 amide bonds. The van der Waals surface area contributed by atoms with Crippen LogP contribution < -0.4 is 0 Å². The molecule has 6 rings (SSSR count). The second-order valence-corrected chi connectivity index (χ2v) is 7.52. The first-order valence-electron chi connectivity index (χ1n) is 9.57. The van der Waals surface area contributed by atoms with E-state index in [2.05, 4.69) is 85.4 Å². The highest BCUT2D eigenvalue weighted by Gasteiger charge is 2.17. The molecule has 28 heavy (non-hydrogen) atoms. The Morgan fingerprint density at radius 1 is 0.571 bits per heavy atom. The van der Waals surface area contributed by atoms with Crippen molar-refractivity contribution in [1.29, 1.82) is 0 Å². The molecule has 1 aromatic heterocycles. The van der Waals surface area contributed by atoms with Crippen LogP contribution in [0.5, 0.6) is 0 Å². The Balaban J connectivity index is 1.95. The third-order valence-electron chi connectivity index (χ3n) is 5.83. The topological polar surface area (TPSA) is 13.1 Å². The lowest BCUT2D eigenvalue weighted by atomic mass is 9.93. The number of fused-ring (bicyclic) bond motifs is 10. The van der Waals surface area contributed by atoms with Gasteiger partial charge >= 0.3 is 0 Å². The van der Waals surface area contributed by atoms with Gasteiger partial charge in [-0.15, -0.1) is 0 Å². The maximum atomic E-state index is 6.55. The van der Waals surface area contributed by atoms with Gasteiger partial charge in [-0.05, 0) is 45.5 Å². The van der Waals surface area contributed by atoms with Gasteiger partial charge in [0, 0.05) is 21.7 Å². The quantitative estimate of drug-likeness (QED) is 0.271. The summed E-state index contributed by atoms with van der Waals surface area (Å²) >= 11 is 0. The van der Waals surface area contributed by atoms with Crippen LogP contribution in [0.4, 0.5) is 0 Å². The van der Waals surface area contributed by atoms with E-state index >= 15 is 0 Å². The van der Waals surface area contributed by atoms with Crippen molar-refractivity contribution in [1.82, 2.24) is 0 Å². The van der Waals surface area contributed by atoms with Crippen molar-refractivity contribution in [3.8, 4) is 0 Å². The van der Waals surface area contributed by atoms with Crippen LogP contribution in [0.3, 0.4) is 0 Å². The molecule has 0 spiro atoms. The summed E-state index contributed by atoms with van der Waals surface area (Å²) in [7, 11) is 0. The minimum absolute atomic E-state index is 0.926. The van der Waals surface area contributed by atoms with Crippen LogP contribution in [-0.4, -0.2) is 0 Å². The number of hydrogen-bond donors (Lipinski definition) is 0. The van der Waals surface area contributed by atoms with Gasteiger partial charge in [0.1, 0.15) is 11.2 Å². The Morgan fingerprint density at radius 3 is 1.75 bits per heavy atom. The fourth-order valence-corrected chi connectivity index (χ4v) is 4.58. The second-order valence-electron chi connectivity index (χ2n) is 7.52. The molecule has 5 aromatic carbocycles. The molecule has 132 valence electrons. The summed E-state index contributed by atoms with van der Waals surface area (Å²) in [5.41, 5.74) is 3.98. The Labute approximate surface area is 162 Å². The van der Waals surface area contributed by atoms with Gasteiger partial charge in [-0.1, -0.05) is 79.4 Å². The maximum absolute atomic E-state index is 6.55. The van der Waals surface area contributed by atoms with Gasteiger partial charge < -0.3 is 4.42 Å². The number of hydrogen-bond acceptors (Lipinski definition) is 1. The second kappa shape index (κ2) is 5.46. The molecule has 0 aliphatic heterocycles. The minimum atomic E-state index is 0.926. The van der Waals surface area contributed by atoms with E-state index in [-0.39, 0.29) is 0 Å². The van der Waals surface area contributed by atoms with Crippen LogP contribution in [0, 0.1) is 0 Å². The van der Waals surface area contributed by atoms with Crippen molar-refractivity contribution < 1.29 is 4.42 Å². The summed E-state index contributed by atoms with van der Waals surface area (Å²) in [5.74, 6) is 0. The molecular weight excluding hydrogens is 340 g/mol. The van der Waals surface area contributed by atoms with Crippen molar-refractivity contribution in [3.63, 3.8) is 0 Å². The first-order valence-corrected chi connectivity index (χ1v) is 9.57. The molecule has 6 aromatic rings. The van der Waals surface area contributed by atoms with Gasteiger partial charge in [0.2, 0.25) is 0 Å². The molecule has 0 radical (unpaired) electrons. The summed E-state index contributed by atoms with van der Waals surface area (Å²) in [6.45, 7) is 6.17. The summed E-state index contributed by atoms with van der Waals surface area (Å²) in [5, 5.41) is 9.77. The van der Waals surface area contributed by atoms with E-state index in [0.29, 0.717) is 0 Å². The standard InChI is InChI=1S/C27H18O/c1-16(2)17-12-7-13-23-24-15-14-22-20-10-4-3-8-18(20)19-9-5-6-11-21(19)25(22)27(24)28-26(17)23/h3-15H,1H2,2H3. The third kappa shape index (κ3) is 1.91. The predicted molar refractivity (Wildman–Crippen MR) is 121 cm³/mol. The zero-order valence-corrected chi connectivity index (χ0v) is 15.6. The smallest absolute Gasteiger partial charge is 0.143 e. The van der Waals surface area contributed by atoms with E-state index in [4.69, 9.17) is 4.42 Å². The molecule has 0 unspecified atom stereocenters. The predicted octanol–water partition coefficient (Wildman–Crippen LogP) is 8.08. The zero-order chi connectivity index (χ0) is 18.8. The highest BCUT2D eigenvalue weighted by molar-refractivity contribution is 6.32. The zero-order valence-electron chi connectivity index (χ0n) is 15.6. The molecule has 0 N–H and O–H groups in total. The highest BCUT2D eigenvalue weighted by Crippen LogP contribution is 2.42. The van der Waals surface area contributed by atoms with Crippen molar-refractivity contribution in [2.45, 2.75) is 6.92 Å². The average molecular weight is 358 g/mol. The molecule has 0 saturated heterocycles. The number of benzene rings is 5. The van der Waals surface area contributed by atoms with Crippen molar-refractivity contribution in [2.75, 3.05) is 0 Å². The maximum Gasteiger partial charge on any atom is 0.143 e. The lowest BCUT2D eigenvalue weighted by molar-refractivity contribution is 0.671. The van der Waals surface area contributed by atoms with Crippen LogP contribution >= 0.6 is 0 Å². The Morgan fingerprint density at radius 2 is 1.07 bits per heavy atom. The molecule has 0 fully saturated rings. The van der Waals surface area contributed by atoms with Crippen molar-refractivity contribution in [2.24, 2.45) is 0 Å². The molecule has 0 aliphatic rings. The van der Waals surface area contributed by atoms with Crippen LogP contribution in [0.2, 0.25) is 0 Å². The number of para-hydroxylation sites is 1. The molecule has 0 bridgehead atoms. The summed E-state index contributed by atoms with van der Waals surface area (Å²) < 4.78 is 6.55. The summed E-state index contributed by atoms with van der Waals surface area (Å²) in [6, 6.07) is 28.0. The molecule has 1 heterocycles. The Bertz CT molecular complexity index is 1550. The van der Waals surface area contributed by atoms with E-state index in [0.717, 1.165) is 33.1 Å². The largest absolute Gasteiger partial charge is 0.455 e. The van der Waals surface area contributed by atoms with Gasteiger partial charge in [0.25, 0.3) is 0 Å². The van der Waals surface area contributed by atoms with Crippen LogP contribution in [0.15, 0.2) is 89.9 Å². The van der Waals surface area contributed by atoms with E-state index in [9.17, 15) is 0 Å². The number of rotatable bonds is 1. The van der Waals surface area contributed by atoms with Crippen LogP contribution in [0.25, 0.3) is 59.8 Å². The van der Waals surface area contributed by atoms with E-state index in [1.54, 1.807) is 0 Å². The first-order chi connectivity index (χ1) is 13.7. The minimum Gasteiger partial charge on any atom is -0.455 e. The molecule has 1 heteroatoms. The monoisotopic (exact) mass is 358 g/mol. The Kier molecular flexibility index (Phi) is 3.02. The van der Waals surface area contributed by atoms with Gasteiger partial charge in [-0.2, -0.15) is 0 Å². The van der Waals surface area contributed by atoms with Gasteiger partial charge in [-0.25, -0.2) is 0 Å². The van der Waals surface area contributed by atoms with E-state index < -0.39 is 0 Å². The third-order valence-corrected chi connectivity index (χ3v) is 5.83. The Hall–Kier alpha value is -3.58. The van der Waals surface area contributed by atoms with Crippen molar-refractivity contribution in [3.05, 3.63) is 91.0 Å². The molecule has 1 nitrogen and oxygen atoms in total. The molecule has 0 atom stereocenters. The molecule has 0 aliphatic carbocycles. The SMILES string of the molecule is C=C(C)c1cccc2c1oc1c2ccc2c3ccccc3c3ccccc3c21.